The van der Waals surface area contributed by atoms with Gasteiger partial charge in [-0.1, -0.05) is 12.1 Å². The largest absolute Gasteiger partial charge is 0.492 e. The maximum Gasteiger partial charge on any atom is 0.137 e. The number of nitrogens with zero attached hydrogens (tertiary/aromatic N) is 2. The van der Waals surface area contributed by atoms with Gasteiger partial charge < -0.3 is 14.4 Å². The third kappa shape index (κ3) is 5.04. The maximum atomic E-state index is 9.01. The second kappa shape index (κ2) is 8.66. The first-order chi connectivity index (χ1) is 10.3. The van der Waals surface area contributed by atoms with Crippen LogP contribution in [0.3, 0.4) is 0 Å². The molecule has 0 aliphatic carbocycles. The number of nitriles is 1. The summed E-state index contributed by atoms with van der Waals surface area (Å²) in [6.45, 7) is 6.71. The van der Waals surface area contributed by atoms with Crippen LogP contribution in [0.4, 0.5) is 0 Å². The summed E-state index contributed by atoms with van der Waals surface area (Å²) >= 11 is 0. The lowest BCUT2D eigenvalue weighted by molar-refractivity contribution is 0.00491. The highest BCUT2D eigenvalue weighted by Gasteiger charge is 2.19. The number of hydrogen-bond donors (Lipinski definition) is 0. The highest BCUT2D eigenvalue weighted by Crippen LogP contribution is 2.17. The van der Waals surface area contributed by atoms with E-state index in [9.17, 15) is 0 Å². The van der Waals surface area contributed by atoms with Gasteiger partial charge in [0.2, 0.25) is 0 Å². The highest BCUT2D eigenvalue weighted by molar-refractivity contribution is 5.42. The molecular weight excluding hydrogens is 264 g/mol. The third-order valence-electron chi connectivity index (χ3n) is 3.75. The lowest BCUT2D eigenvalue weighted by Crippen LogP contribution is -2.40. The molecule has 1 heterocycles. The Morgan fingerprint density at radius 2 is 2.24 bits per heavy atom. The average molecular weight is 288 g/mol. The number of benzene rings is 1. The van der Waals surface area contributed by atoms with Crippen LogP contribution >= 0.6 is 0 Å². The topological polar surface area (TPSA) is 45.5 Å². The van der Waals surface area contributed by atoms with E-state index in [1.165, 1.54) is 12.8 Å². The summed E-state index contributed by atoms with van der Waals surface area (Å²) in [6, 6.07) is 9.54. The number of hydrogen-bond acceptors (Lipinski definition) is 4. The van der Waals surface area contributed by atoms with Crippen LogP contribution in [0.15, 0.2) is 24.3 Å². The Morgan fingerprint density at radius 3 is 3.05 bits per heavy atom. The Kier molecular flexibility index (Phi) is 6.52. The SMILES string of the molecule is CCOC1CCCN(CCCOc2ccccc2C#N)C1. The Morgan fingerprint density at radius 1 is 1.38 bits per heavy atom. The normalized spacial score (nSPS) is 19.1. The van der Waals surface area contributed by atoms with Gasteiger partial charge in [0, 0.05) is 19.7 Å². The van der Waals surface area contributed by atoms with Gasteiger partial charge in [-0.2, -0.15) is 5.26 Å². The van der Waals surface area contributed by atoms with Crippen molar-refractivity contribution in [2.75, 3.05) is 32.8 Å². The van der Waals surface area contributed by atoms with Crippen LogP contribution in [-0.2, 0) is 4.74 Å². The fraction of sp³-hybridized carbons (Fsp3) is 0.588. The van der Waals surface area contributed by atoms with E-state index in [4.69, 9.17) is 14.7 Å². The predicted molar refractivity (Wildman–Crippen MR) is 82.4 cm³/mol. The molecule has 21 heavy (non-hydrogen) atoms. The van der Waals surface area contributed by atoms with Crippen LogP contribution in [0.2, 0.25) is 0 Å². The molecule has 1 aromatic carbocycles. The molecule has 1 aliphatic rings. The minimum absolute atomic E-state index is 0.393. The maximum absolute atomic E-state index is 9.01. The van der Waals surface area contributed by atoms with E-state index in [-0.39, 0.29) is 0 Å². The molecule has 0 bridgehead atoms. The minimum Gasteiger partial charge on any atom is -0.492 e. The molecule has 0 saturated carbocycles. The van der Waals surface area contributed by atoms with Crippen LogP contribution < -0.4 is 4.74 Å². The zero-order valence-electron chi connectivity index (χ0n) is 12.8. The van der Waals surface area contributed by atoms with Crippen LogP contribution in [0.25, 0.3) is 0 Å². The van der Waals surface area contributed by atoms with Gasteiger partial charge in [-0.25, -0.2) is 0 Å². The molecule has 1 unspecified atom stereocenters. The summed E-state index contributed by atoms with van der Waals surface area (Å²) in [4.78, 5) is 2.45. The first-order valence-electron chi connectivity index (χ1n) is 7.79. The fourth-order valence-electron chi connectivity index (χ4n) is 2.74. The molecule has 4 heteroatoms. The Balaban J connectivity index is 1.69. The zero-order valence-corrected chi connectivity index (χ0v) is 12.8. The standard InChI is InChI=1S/C17H24N2O2/c1-2-20-16-8-5-10-19(14-16)11-6-12-21-17-9-4-3-7-15(17)13-18/h3-4,7,9,16H,2,5-6,8,10-12,14H2,1H3. The molecule has 114 valence electrons. The van der Waals surface area contributed by atoms with Gasteiger partial charge in [0.1, 0.15) is 11.8 Å². The molecule has 1 saturated heterocycles. The molecule has 1 atom stereocenters. The number of para-hydroxylation sites is 1. The van der Waals surface area contributed by atoms with Gasteiger partial charge in [0.05, 0.1) is 18.3 Å². The quantitative estimate of drug-likeness (QED) is 0.724. The smallest absolute Gasteiger partial charge is 0.137 e. The lowest BCUT2D eigenvalue weighted by Gasteiger charge is -2.32. The summed E-state index contributed by atoms with van der Waals surface area (Å²) in [5, 5.41) is 9.01. The van der Waals surface area contributed by atoms with Crippen molar-refractivity contribution in [2.24, 2.45) is 0 Å². The number of piperidine rings is 1. The molecule has 0 N–H and O–H groups in total. The first kappa shape index (κ1) is 15.8. The summed E-state index contributed by atoms with van der Waals surface area (Å²) in [6.07, 6.45) is 3.75. The molecule has 0 aromatic heterocycles. The number of likely N-dealkylation sites (tertiary alicyclic amines) is 1. The van der Waals surface area contributed by atoms with E-state index in [1.54, 1.807) is 6.07 Å². The van der Waals surface area contributed by atoms with Crippen molar-refractivity contribution in [3.63, 3.8) is 0 Å². The summed E-state index contributed by atoms with van der Waals surface area (Å²) in [5.74, 6) is 0.686. The van der Waals surface area contributed by atoms with Crippen molar-refractivity contribution in [1.82, 2.24) is 4.90 Å². The summed E-state index contributed by atoms with van der Waals surface area (Å²) < 4.78 is 11.4. The first-order valence-corrected chi connectivity index (χ1v) is 7.79. The van der Waals surface area contributed by atoms with Crippen molar-refractivity contribution < 1.29 is 9.47 Å². The van der Waals surface area contributed by atoms with Gasteiger partial charge in [0.25, 0.3) is 0 Å². The molecule has 1 aromatic rings. The van der Waals surface area contributed by atoms with E-state index in [0.717, 1.165) is 32.7 Å². The van der Waals surface area contributed by atoms with Gasteiger partial charge in [-0.3, -0.25) is 0 Å². The van der Waals surface area contributed by atoms with Crippen molar-refractivity contribution in [3.05, 3.63) is 29.8 Å². The molecule has 0 amide bonds. The Labute approximate surface area is 127 Å². The Bertz CT molecular complexity index is 468. The van der Waals surface area contributed by atoms with Gasteiger partial charge in [0.15, 0.2) is 0 Å². The van der Waals surface area contributed by atoms with Crippen LogP contribution in [0.1, 0.15) is 31.7 Å². The number of rotatable bonds is 7. The van der Waals surface area contributed by atoms with Gasteiger partial charge in [-0.15, -0.1) is 0 Å². The van der Waals surface area contributed by atoms with Crippen molar-refractivity contribution in [3.8, 4) is 11.8 Å². The monoisotopic (exact) mass is 288 g/mol. The highest BCUT2D eigenvalue weighted by atomic mass is 16.5. The van der Waals surface area contributed by atoms with E-state index in [0.29, 0.717) is 24.0 Å². The molecule has 1 fully saturated rings. The van der Waals surface area contributed by atoms with Crippen LogP contribution in [0, 0.1) is 11.3 Å². The lowest BCUT2D eigenvalue weighted by atomic mass is 10.1. The van der Waals surface area contributed by atoms with E-state index in [1.807, 2.05) is 18.2 Å². The van der Waals surface area contributed by atoms with Crippen LogP contribution in [-0.4, -0.2) is 43.9 Å². The number of ether oxygens (including phenoxy) is 2. The van der Waals surface area contributed by atoms with E-state index < -0.39 is 0 Å². The average Bonchev–Trinajstić information content (AvgIpc) is 2.53. The molecule has 4 nitrogen and oxygen atoms in total. The van der Waals surface area contributed by atoms with E-state index >= 15 is 0 Å². The van der Waals surface area contributed by atoms with Crippen molar-refractivity contribution in [1.29, 1.82) is 5.26 Å². The fourth-order valence-corrected chi connectivity index (χ4v) is 2.74. The summed E-state index contributed by atoms with van der Waals surface area (Å²) in [7, 11) is 0. The minimum atomic E-state index is 0.393. The Hall–Kier alpha value is -1.57. The van der Waals surface area contributed by atoms with Crippen molar-refractivity contribution in [2.45, 2.75) is 32.3 Å². The second-order valence-corrected chi connectivity index (χ2v) is 5.33. The zero-order chi connectivity index (χ0) is 14.9. The molecule has 1 aliphatic heterocycles. The van der Waals surface area contributed by atoms with E-state index in [2.05, 4.69) is 17.9 Å². The second-order valence-electron chi connectivity index (χ2n) is 5.33. The molecule has 0 spiro atoms. The predicted octanol–water partition coefficient (Wildman–Crippen LogP) is 2.83. The van der Waals surface area contributed by atoms with Gasteiger partial charge >= 0.3 is 0 Å². The molecule has 0 radical (unpaired) electrons. The summed E-state index contributed by atoms with van der Waals surface area (Å²) in [5.41, 5.74) is 0.604. The van der Waals surface area contributed by atoms with Gasteiger partial charge in [-0.05, 0) is 44.9 Å². The molecule has 2 rings (SSSR count). The van der Waals surface area contributed by atoms with Crippen molar-refractivity contribution >= 4 is 0 Å². The molecular formula is C17H24N2O2. The third-order valence-corrected chi connectivity index (χ3v) is 3.75. The van der Waals surface area contributed by atoms with Crippen LogP contribution in [0.5, 0.6) is 5.75 Å².